The summed E-state index contributed by atoms with van der Waals surface area (Å²) in [7, 11) is 0. The predicted octanol–water partition coefficient (Wildman–Crippen LogP) is 4.61. The van der Waals surface area contributed by atoms with Crippen molar-refractivity contribution in [2.24, 2.45) is 0 Å². The molecule has 122 valence electrons. The smallest absolute Gasteiger partial charge is 0.149 e. The standard InChI is InChI=1S/C18H10F2N4S/c19-14-4-3-11(8-13(14)17-15(20)2-1-5-21-17)12-9-16(24-23-10-12)18-22-6-7-25-18/h1-10H. The van der Waals surface area contributed by atoms with Gasteiger partial charge in [-0.3, -0.25) is 4.98 Å². The molecule has 0 bridgehead atoms. The van der Waals surface area contributed by atoms with Crippen molar-refractivity contribution in [3.8, 4) is 33.1 Å². The highest BCUT2D eigenvalue weighted by Crippen LogP contribution is 2.30. The highest BCUT2D eigenvalue weighted by Gasteiger charge is 2.13. The zero-order chi connectivity index (χ0) is 17.2. The molecule has 0 saturated heterocycles. The van der Waals surface area contributed by atoms with Gasteiger partial charge in [-0.1, -0.05) is 6.07 Å². The summed E-state index contributed by atoms with van der Waals surface area (Å²) in [6, 6.07) is 9.00. The van der Waals surface area contributed by atoms with Crippen molar-refractivity contribution in [2.75, 3.05) is 0 Å². The number of thiazole rings is 1. The highest BCUT2D eigenvalue weighted by molar-refractivity contribution is 7.13. The Hall–Kier alpha value is -3.06. The molecule has 7 heteroatoms. The van der Waals surface area contributed by atoms with Crippen LogP contribution in [0.3, 0.4) is 0 Å². The number of nitrogens with zero attached hydrogens (tertiary/aromatic N) is 4. The van der Waals surface area contributed by atoms with Gasteiger partial charge in [0, 0.05) is 28.9 Å². The number of halogens is 2. The van der Waals surface area contributed by atoms with Crippen molar-refractivity contribution in [1.29, 1.82) is 0 Å². The average Bonchev–Trinajstić information content (AvgIpc) is 3.18. The second kappa shape index (κ2) is 6.45. The number of rotatable bonds is 3. The van der Waals surface area contributed by atoms with Crippen LogP contribution in [0.25, 0.3) is 33.1 Å². The molecule has 0 atom stereocenters. The normalized spacial score (nSPS) is 10.8. The Morgan fingerprint density at radius 3 is 2.60 bits per heavy atom. The molecule has 0 N–H and O–H groups in total. The first-order valence-electron chi connectivity index (χ1n) is 7.36. The molecule has 25 heavy (non-hydrogen) atoms. The second-order valence-corrected chi connectivity index (χ2v) is 6.09. The van der Waals surface area contributed by atoms with E-state index in [9.17, 15) is 8.78 Å². The molecule has 0 radical (unpaired) electrons. The number of hydrogen-bond donors (Lipinski definition) is 0. The first-order valence-corrected chi connectivity index (χ1v) is 8.24. The van der Waals surface area contributed by atoms with Gasteiger partial charge in [0.2, 0.25) is 0 Å². The maximum Gasteiger partial charge on any atom is 0.149 e. The number of benzene rings is 1. The van der Waals surface area contributed by atoms with Crippen LogP contribution in [0.5, 0.6) is 0 Å². The minimum Gasteiger partial charge on any atom is -0.253 e. The molecular weight excluding hydrogens is 342 g/mol. The van der Waals surface area contributed by atoms with Gasteiger partial charge >= 0.3 is 0 Å². The van der Waals surface area contributed by atoms with E-state index in [1.807, 2.05) is 11.4 Å². The van der Waals surface area contributed by atoms with Crippen LogP contribution >= 0.6 is 11.3 Å². The monoisotopic (exact) mass is 352 g/mol. The van der Waals surface area contributed by atoms with E-state index >= 15 is 0 Å². The predicted molar refractivity (Wildman–Crippen MR) is 91.7 cm³/mol. The third kappa shape index (κ3) is 3.01. The Labute approximate surface area is 145 Å². The summed E-state index contributed by atoms with van der Waals surface area (Å²) in [5, 5.41) is 10.7. The molecule has 3 heterocycles. The quantitative estimate of drug-likeness (QED) is 0.540. The van der Waals surface area contributed by atoms with Gasteiger partial charge in [0.25, 0.3) is 0 Å². The molecule has 4 aromatic rings. The van der Waals surface area contributed by atoms with E-state index < -0.39 is 11.6 Å². The number of aromatic nitrogens is 4. The maximum atomic E-state index is 14.2. The summed E-state index contributed by atoms with van der Waals surface area (Å²) >= 11 is 1.45. The molecule has 1 aromatic carbocycles. The summed E-state index contributed by atoms with van der Waals surface area (Å²) in [5.41, 5.74) is 2.13. The Balaban J connectivity index is 1.81. The van der Waals surface area contributed by atoms with Gasteiger partial charge in [-0.15, -0.1) is 16.4 Å². The largest absolute Gasteiger partial charge is 0.253 e. The van der Waals surface area contributed by atoms with Crippen LogP contribution in [0.4, 0.5) is 8.78 Å². The first-order chi connectivity index (χ1) is 12.2. The van der Waals surface area contributed by atoms with E-state index in [4.69, 9.17) is 0 Å². The average molecular weight is 352 g/mol. The molecule has 0 aliphatic rings. The van der Waals surface area contributed by atoms with E-state index in [-0.39, 0.29) is 11.3 Å². The van der Waals surface area contributed by atoms with Crippen LogP contribution < -0.4 is 0 Å². The fraction of sp³-hybridized carbons (Fsp3) is 0. The van der Waals surface area contributed by atoms with Gasteiger partial charge in [-0.25, -0.2) is 13.8 Å². The highest BCUT2D eigenvalue weighted by atomic mass is 32.1. The van der Waals surface area contributed by atoms with Crippen molar-refractivity contribution in [2.45, 2.75) is 0 Å². The maximum absolute atomic E-state index is 14.2. The van der Waals surface area contributed by atoms with Crippen molar-refractivity contribution in [3.05, 3.63) is 72.0 Å². The molecule has 4 rings (SSSR count). The molecule has 0 aliphatic carbocycles. The van der Waals surface area contributed by atoms with Gasteiger partial charge in [-0.05, 0) is 35.9 Å². The second-order valence-electron chi connectivity index (χ2n) is 5.20. The van der Waals surface area contributed by atoms with Crippen LogP contribution in [-0.2, 0) is 0 Å². The minimum absolute atomic E-state index is 0.0241. The summed E-state index contributed by atoms with van der Waals surface area (Å²) in [6.45, 7) is 0. The first kappa shape index (κ1) is 15.5. The molecule has 0 fully saturated rings. The third-order valence-corrected chi connectivity index (χ3v) is 4.41. The summed E-state index contributed by atoms with van der Waals surface area (Å²) < 4.78 is 28.2. The molecule has 0 spiro atoms. The van der Waals surface area contributed by atoms with Crippen LogP contribution in [0.1, 0.15) is 0 Å². The Morgan fingerprint density at radius 2 is 1.80 bits per heavy atom. The molecule has 0 unspecified atom stereocenters. The Bertz CT molecular complexity index is 1030. The molecule has 0 saturated carbocycles. The minimum atomic E-state index is -0.574. The third-order valence-electron chi connectivity index (χ3n) is 3.62. The van der Waals surface area contributed by atoms with Gasteiger partial charge in [-0.2, -0.15) is 5.10 Å². The summed E-state index contributed by atoms with van der Waals surface area (Å²) in [5.74, 6) is -1.11. The lowest BCUT2D eigenvalue weighted by atomic mass is 10.0. The van der Waals surface area contributed by atoms with Crippen LogP contribution in [0.15, 0.2) is 60.4 Å². The topological polar surface area (TPSA) is 51.6 Å². The SMILES string of the molecule is Fc1ccc(-c2cnnc(-c3nccs3)c2)cc1-c1ncccc1F. The van der Waals surface area contributed by atoms with Crippen LogP contribution in [0.2, 0.25) is 0 Å². The van der Waals surface area contributed by atoms with Crippen molar-refractivity contribution < 1.29 is 8.78 Å². The molecule has 0 amide bonds. The molecular formula is C18H10F2N4S. The Morgan fingerprint density at radius 1 is 0.880 bits per heavy atom. The van der Waals surface area contributed by atoms with E-state index in [0.717, 1.165) is 10.6 Å². The number of hydrogen-bond acceptors (Lipinski definition) is 5. The lowest BCUT2D eigenvalue weighted by Gasteiger charge is -2.08. The lowest BCUT2D eigenvalue weighted by molar-refractivity contribution is 0.611. The zero-order valence-electron chi connectivity index (χ0n) is 12.7. The summed E-state index contributed by atoms with van der Waals surface area (Å²) in [6.07, 6.45) is 4.69. The van der Waals surface area contributed by atoms with Crippen molar-refractivity contribution in [1.82, 2.24) is 20.2 Å². The molecule has 0 aliphatic heterocycles. The van der Waals surface area contributed by atoms with Gasteiger partial charge < -0.3 is 0 Å². The van der Waals surface area contributed by atoms with Crippen molar-refractivity contribution >= 4 is 11.3 Å². The van der Waals surface area contributed by atoms with Gasteiger partial charge in [0.05, 0.1) is 6.20 Å². The van der Waals surface area contributed by atoms with Crippen molar-refractivity contribution in [3.63, 3.8) is 0 Å². The van der Waals surface area contributed by atoms with Crippen LogP contribution in [-0.4, -0.2) is 20.2 Å². The molecule has 4 nitrogen and oxygen atoms in total. The zero-order valence-corrected chi connectivity index (χ0v) is 13.5. The molecule has 3 aromatic heterocycles. The van der Waals surface area contributed by atoms with Gasteiger partial charge in [0.15, 0.2) is 0 Å². The van der Waals surface area contributed by atoms with Crippen LogP contribution in [0, 0.1) is 11.6 Å². The summed E-state index contributed by atoms with van der Waals surface area (Å²) in [4.78, 5) is 8.16. The lowest BCUT2D eigenvalue weighted by Crippen LogP contribution is -1.94. The number of pyridine rings is 1. The van der Waals surface area contributed by atoms with E-state index in [1.165, 1.54) is 35.7 Å². The van der Waals surface area contributed by atoms with E-state index in [1.54, 1.807) is 24.5 Å². The van der Waals surface area contributed by atoms with E-state index in [2.05, 4.69) is 20.2 Å². The van der Waals surface area contributed by atoms with Gasteiger partial charge in [0.1, 0.15) is 28.0 Å². The Kier molecular flexibility index (Phi) is 3.99. The fourth-order valence-corrected chi connectivity index (χ4v) is 3.04. The fourth-order valence-electron chi connectivity index (χ4n) is 2.45. The van der Waals surface area contributed by atoms with E-state index in [0.29, 0.717) is 11.3 Å².